The van der Waals surface area contributed by atoms with Gasteiger partial charge in [-0.05, 0) is 15.8 Å². The summed E-state index contributed by atoms with van der Waals surface area (Å²) in [5.41, 5.74) is -0.340. The SMILES string of the molecule is CC(C)(C)c1cnc(-n2nn[nH]c2=O)s1. The molecule has 0 fully saturated rings. The summed E-state index contributed by atoms with van der Waals surface area (Å²) >= 11 is 1.44. The van der Waals surface area contributed by atoms with Crippen LogP contribution in [0.3, 0.4) is 0 Å². The van der Waals surface area contributed by atoms with Crippen molar-refractivity contribution in [3.63, 3.8) is 0 Å². The van der Waals surface area contributed by atoms with Gasteiger partial charge in [0.1, 0.15) is 0 Å². The van der Waals surface area contributed by atoms with Crippen LogP contribution in [0.4, 0.5) is 0 Å². The third-order valence-electron chi connectivity index (χ3n) is 1.89. The molecule has 0 spiro atoms. The molecule has 0 saturated heterocycles. The van der Waals surface area contributed by atoms with Crippen LogP contribution in [-0.2, 0) is 5.41 Å². The molecule has 2 rings (SSSR count). The quantitative estimate of drug-likeness (QED) is 0.775. The Balaban J connectivity index is 2.45. The van der Waals surface area contributed by atoms with E-state index in [9.17, 15) is 4.79 Å². The van der Waals surface area contributed by atoms with Crippen LogP contribution in [0.5, 0.6) is 0 Å². The van der Waals surface area contributed by atoms with Crippen molar-refractivity contribution < 1.29 is 0 Å². The van der Waals surface area contributed by atoms with E-state index in [2.05, 4.69) is 41.3 Å². The zero-order valence-corrected chi connectivity index (χ0v) is 9.50. The molecule has 0 radical (unpaired) electrons. The summed E-state index contributed by atoms with van der Waals surface area (Å²) in [6.45, 7) is 6.28. The topological polar surface area (TPSA) is 76.5 Å². The Morgan fingerprint density at radius 1 is 1.47 bits per heavy atom. The van der Waals surface area contributed by atoms with E-state index in [4.69, 9.17) is 0 Å². The summed E-state index contributed by atoms with van der Waals surface area (Å²) in [5, 5.41) is 9.81. The second-order valence-corrected chi connectivity index (χ2v) is 5.18. The highest BCUT2D eigenvalue weighted by Gasteiger charge is 2.18. The minimum atomic E-state index is -0.371. The zero-order valence-electron chi connectivity index (χ0n) is 8.68. The zero-order chi connectivity index (χ0) is 11.1. The number of aromatic amines is 1. The first-order valence-corrected chi connectivity index (χ1v) is 5.27. The van der Waals surface area contributed by atoms with Gasteiger partial charge in [-0.2, -0.15) is 0 Å². The van der Waals surface area contributed by atoms with Crippen molar-refractivity contribution in [3.8, 4) is 5.13 Å². The van der Waals surface area contributed by atoms with Gasteiger partial charge in [-0.3, -0.25) is 0 Å². The number of H-pyrrole nitrogens is 1. The number of rotatable bonds is 1. The Bertz CT molecular complexity index is 517. The average molecular weight is 225 g/mol. The second-order valence-electron chi connectivity index (χ2n) is 4.18. The normalized spacial score (nSPS) is 11.9. The van der Waals surface area contributed by atoms with E-state index in [1.165, 1.54) is 11.3 Å². The van der Waals surface area contributed by atoms with Gasteiger partial charge in [-0.15, -0.1) is 4.68 Å². The summed E-state index contributed by atoms with van der Waals surface area (Å²) < 4.78 is 1.15. The molecule has 15 heavy (non-hydrogen) atoms. The van der Waals surface area contributed by atoms with Crippen LogP contribution in [0.15, 0.2) is 11.0 Å². The van der Waals surface area contributed by atoms with Gasteiger partial charge in [0, 0.05) is 11.1 Å². The molecule has 2 aromatic rings. The van der Waals surface area contributed by atoms with E-state index in [-0.39, 0.29) is 11.1 Å². The van der Waals surface area contributed by atoms with E-state index in [0.29, 0.717) is 5.13 Å². The Labute approximate surface area is 90.0 Å². The van der Waals surface area contributed by atoms with Crippen LogP contribution in [0, 0.1) is 0 Å². The molecule has 1 N–H and O–H groups in total. The van der Waals surface area contributed by atoms with Crippen LogP contribution in [0.1, 0.15) is 25.6 Å². The van der Waals surface area contributed by atoms with Gasteiger partial charge in [0.2, 0.25) is 5.13 Å². The molecule has 0 unspecified atom stereocenters. The molecule has 0 atom stereocenters. The van der Waals surface area contributed by atoms with Crippen LogP contribution < -0.4 is 5.69 Å². The highest BCUT2D eigenvalue weighted by Crippen LogP contribution is 2.28. The van der Waals surface area contributed by atoms with Crippen molar-refractivity contribution in [2.45, 2.75) is 26.2 Å². The van der Waals surface area contributed by atoms with Crippen LogP contribution >= 0.6 is 11.3 Å². The maximum absolute atomic E-state index is 11.2. The van der Waals surface area contributed by atoms with Gasteiger partial charge in [0.25, 0.3) is 0 Å². The average Bonchev–Trinajstić information content (AvgIpc) is 2.69. The number of nitrogens with one attached hydrogen (secondary N) is 1. The van der Waals surface area contributed by atoms with Gasteiger partial charge in [-0.25, -0.2) is 14.9 Å². The van der Waals surface area contributed by atoms with E-state index in [1.54, 1.807) is 6.20 Å². The van der Waals surface area contributed by atoms with Crippen molar-refractivity contribution in [1.29, 1.82) is 0 Å². The van der Waals surface area contributed by atoms with Crippen molar-refractivity contribution in [2.24, 2.45) is 0 Å². The fourth-order valence-electron chi connectivity index (χ4n) is 1.03. The van der Waals surface area contributed by atoms with Crippen LogP contribution in [-0.4, -0.2) is 25.2 Å². The number of hydrogen-bond acceptors (Lipinski definition) is 5. The van der Waals surface area contributed by atoms with E-state index >= 15 is 0 Å². The first-order chi connectivity index (χ1) is 6.98. The highest BCUT2D eigenvalue weighted by atomic mass is 32.1. The van der Waals surface area contributed by atoms with Crippen LogP contribution in [0.25, 0.3) is 5.13 Å². The third kappa shape index (κ3) is 1.82. The number of thiazole rings is 1. The Morgan fingerprint density at radius 2 is 2.20 bits per heavy atom. The fraction of sp³-hybridized carbons (Fsp3) is 0.500. The number of aromatic nitrogens is 5. The maximum Gasteiger partial charge on any atom is 0.367 e. The first kappa shape index (κ1) is 10.0. The van der Waals surface area contributed by atoms with Crippen molar-refractivity contribution in [3.05, 3.63) is 21.6 Å². The predicted molar refractivity (Wildman–Crippen MR) is 56.4 cm³/mol. The molecule has 0 amide bonds. The standard InChI is InChI=1S/C8H11N5OS/c1-8(2,3)5-4-9-7(15-5)13-6(14)10-11-12-13/h4H,1-3H3,(H,10,12,14). The first-order valence-electron chi connectivity index (χ1n) is 4.45. The van der Waals surface area contributed by atoms with Crippen LogP contribution in [0.2, 0.25) is 0 Å². The van der Waals surface area contributed by atoms with E-state index in [1.807, 2.05) is 0 Å². The molecule has 80 valence electrons. The van der Waals surface area contributed by atoms with Gasteiger partial charge >= 0.3 is 5.69 Å². The minimum Gasteiger partial charge on any atom is -0.244 e. The smallest absolute Gasteiger partial charge is 0.244 e. The summed E-state index contributed by atoms with van der Waals surface area (Å²) in [4.78, 5) is 16.5. The minimum absolute atomic E-state index is 0.0310. The molecule has 6 nitrogen and oxygen atoms in total. The van der Waals surface area contributed by atoms with Gasteiger partial charge in [-0.1, -0.05) is 32.1 Å². The summed E-state index contributed by atoms with van der Waals surface area (Å²) in [6, 6.07) is 0. The van der Waals surface area contributed by atoms with Crippen molar-refractivity contribution in [2.75, 3.05) is 0 Å². The molecule has 0 aliphatic rings. The summed E-state index contributed by atoms with van der Waals surface area (Å²) in [5.74, 6) is 0. The Hall–Kier alpha value is -1.50. The van der Waals surface area contributed by atoms with Crippen molar-refractivity contribution >= 4 is 11.3 Å². The molecule has 0 aliphatic carbocycles. The van der Waals surface area contributed by atoms with Crippen molar-refractivity contribution in [1.82, 2.24) is 25.2 Å². The van der Waals surface area contributed by atoms with Gasteiger partial charge in [0.05, 0.1) is 0 Å². The number of hydrogen-bond donors (Lipinski definition) is 1. The number of tetrazole rings is 1. The Kier molecular flexibility index (Phi) is 2.18. The molecule has 2 aromatic heterocycles. The molecule has 0 saturated carbocycles. The monoisotopic (exact) mass is 225 g/mol. The Morgan fingerprint density at radius 3 is 2.67 bits per heavy atom. The largest absolute Gasteiger partial charge is 0.367 e. The van der Waals surface area contributed by atoms with E-state index in [0.717, 1.165) is 9.56 Å². The lowest BCUT2D eigenvalue weighted by atomic mass is 9.96. The molecule has 0 aliphatic heterocycles. The number of nitrogens with zero attached hydrogens (tertiary/aromatic N) is 4. The third-order valence-corrected chi connectivity index (χ3v) is 3.28. The maximum atomic E-state index is 11.2. The fourth-order valence-corrected chi connectivity index (χ4v) is 1.95. The highest BCUT2D eigenvalue weighted by molar-refractivity contribution is 7.14. The second kappa shape index (κ2) is 3.27. The summed E-state index contributed by atoms with van der Waals surface area (Å²) in [6.07, 6.45) is 1.76. The molecule has 2 heterocycles. The molecule has 0 aromatic carbocycles. The lowest BCUT2D eigenvalue weighted by Gasteiger charge is -2.14. The van der Waals surface area contributed by atoms with E-state index < -0.39 is 0 Å². The molecular formula is C8H11N5OS. The molecule has 7 heteroatoms. The lowest BCUT2D eigenvalue weighted by Crippen LogP contribution is -2.15. The predicted octanol–water partition coefficient (Wildman–Crippen LogP) is 0.710. The molecule has 0 bridgehead atoms. The molecular weight excluding hydrogens is 214 g/mol. The van der Waals surface area contributed by atoms with Gasteiger partial charge in [0.15, 0.2) is 0 Å². The summed E-state index contributed by atoms with van der Waals surface area (Å²) in [7, 11) is 0. The van der Waals surface area contributed by atoms with Gasteiger partial charge < -0.3 is 0 Å². The lowest BCUT2D eigenvalue weighted by molar-refractivity contribution is 0.602.